The normalized spacial score (nSPS) is 18.1. The summed E-state index contributed by atoms with van der Waals surface area (Å²) >= 11 is 6.09. The van der Waals surface area contributed by atoms with E-state index in [1.54, 1.807) is 24.4 Å². The summed E-state index contributed by atoms with van der Waals surface area (Å²) in [5.74, 6) is 0.805. The first-order chi connectivity index (χ1) is 17.1. The van der Waals surface area contributed by atoms with E-state index in [0.717, 1.165) is 67.5 Å². The zero-order valence-corrected chi connectivity index (χ0v) is 20.1. The molecule has 8 nitrogen and oxygen atoms in total. The molecule has 1 aromatic heterocycles. The molecule has 1 amide bonds. The fraction of sp³-hybridized carbons (Fsp3) is 0.346. The molecule has 2 aliphatic rings. The Morgan fingerprint density at radius 3 is 2.83 bits per heavy atom. The van der Waals surface area contributed by atoms with Crippen molar-refractivity contribution in [3.05, 3.63) is 70.4 Å². The summed E-state index contributed by atoms with van der Waals surface area (Å²) in [5, 5.41) is 10.7. The van der Waals surface area contributed by atoms with E-state index in [4.69, 9.17) is 21.1 Å². The average Bonchev–Trinajstić information content (AvgIpc) is 3.45. The van der Waals surface area contributed by atoms with Crippen molar-refractivity contribution in [2.45, 2.75) is 18.8 Å². The third kappa shape index (κ3) is 6.08. The van der Waals surface area contributed by atoms with Crippen molar-refractivity contribution < 1.29 is 14.3 Å². The van der Waals surface area contributed by atoms with Crippen LogP contribution in [0.15, 0.2) is 53.5 Å². The number of carbonyl (C=O) groups excluding carboxylic acids is 1. The Balaban J connectivity index is 1.11. The second kappa shape index (κ2) is 11.0. The molecular formula is C26H28ClN5O3. The van der Waals surface area contributed by atoms with E-state index in [-0.39, 0.29) is 5.91 Å². The third-order valence-corrected chi connectivity index (χ3v) is 6.41. The maximum atomic E-state index is 12.3. The van der Waals surface area contributed by atoms with Gasteiger partial charge in [-0.25, -0.2) is 4.99 Å². The van der Waals surface area contributed by atoms with Crippen LogP contribution >= 0.6 is 11.6 Å². The summed E-state index contributed by atoms with van der Waals surface area (Å²) in [6.45, 7) is 5.41. The molecule has 2 aliphatic heterocycles. The number of nitrogens with zero attached hydrogens (tertiary/aromatic N) is 3. The van der Waals surface area contributed by atoms with Crippen molar-refractivity contribution in [1.82, 2.24) is 15.1 Å². The van der Waals surface area contributed by atoms with Gasteiger partial charge in [0.05, 0.1) is 19.8 Å². The largest absolute Gasteiger partial charge is 0.494 e. The smallest absolute Gasteiger partial charge is 0.237 e. The fourth-order valence-corrected chi connectivity index (χ4v) is 4.47. The number of hydrogen-bond acceptors (Lipinski definition) is 6. The molecule has 35 heavy (non-hydrogen) atoms. The lowest BCUT2D eigenvalue weighted by Crippen LogP contribution is -2.37. The van der Waals surface area contributed by atoms with Gasteiger partial charge in [0.1, 0.15) is 11.7 Å². The van der Waals surface area contributed by atoms with Gasteiger partial charge in [0.2, 0.25) is 5.91 Å². The molecular weight excluding hydrogens is 466 g/mol. The van der Waals surface area contributed by atoms with Crippen LogP contribution in [0.4, 0.5) is 11.5 Å². The Hall–Kier alpha value is -3.20. The van der Waals surface area contributed by atoms with Gasteiger partial charge in [0.15, 0.2) is 5.82 Å². The second-order valence-corrected chi connectivity index (χ2v) is 9.14. The van der Waals surface area contributed by atoms with Crippen molar-refractivity contribution in [2.75, 3.05) is 44.8 Å². The molecule has 1 fully saturated rings. The van der Waals surface area contributed by atoms with Gasteiger partial charge in [-0.15, -0.1) is 0 Å². The number of hydrogen-bond donors (Lipinski definition) is 2. The van der Waals surface area contributed by atoms with Crippen molar-refractivity contribution in [1.29, 1.82) is 0 Å². The zero-order valence-electron chi connectivity index (χ0n) is 19.4. The highest BCUT2D eigenvalue weighted by Crippen LogP contribution is 2.33. The van der Waals surface area contributed by atoms with Crippen LogP contribution < -0.4 is 10.1 Å². The number of morpholine rings is 1. The molecule has 3 aromatic rings. The number of aromatic amines is 1. The van der Waals surface area contributed by atoms with E-state index in [1.165, 1.54) is 0 Å². The van der Waals surface area contributed by atoms with Crippen LogP contribution in [-0.2, 0) is 16.0 Å². The molecule has 2 N–H and O–H groups in total. The maximum absolute atomic E-state index is 12.3. The Labute approximate surface area is 209 Å². The first-order valence-corrected chi connectivity index (χ1v) is 12.2. The van der Waals surface area contributed by atoms with Gasteiger partial charge in [-0.05, 0) is 47.9 Å². The number of rotatable bonds is 9. The van der Waals surface area contributed by atoms with Crippen LogP contribution in [0.1, 0.15) is 29.2 Å². The number of H-pyrrole nitrogens is 1. The molecule has 1 saturated heterocycles. The summed E-state index contributed by atoms with van der Waals surface area (Å²) in [5.41, 5.74) is 3.67. The number of anilines is 1. The van der Waals surface area contributed by atoms with E-state index >= 15 is 0 Å². The Bertz CT molecular complexity index is 1190. The van der Waals surface area contributed by atoms with Crippen LogP contribution in [-0.4, -0.2) is 66.7 Å². The highest BCUT2D eigenvalue weighted by atomic mass is 35.5. The lowest BCUT2D eigenvalue weighted by Gasteiger charge is -2.26. The number of benzene rings is 2. The summed E-state index contributed by atoms with van der Waals surface area (Å²) < 4.78 is 11.3. The molecule has 3 heterocycles. The molecule has 9 heteroatoms. The monoisotopic (exact) mass is 493 g/mol. The van der Waals surface area contributed by atoms with Crippen LogP contribution in [0, 0.1) is 0 Å². The van der Waals surface area contributed by atoms with Crippen molar-refractivity contribution in [2.24, 2.45) is 4.99 Å². The van der Waals surface area contributed by atoms with E-state index in [2.05, 4.69) is 37.5 Å². The molecule has 5 rings (SSSR count). The predicted octanol–water partition coefficient (Wildman–Crippen LogP) is 4.19. The summed E-state index contributed by atoms with van der Waals surface area (Å²) in [6.07, 6.45) is 3.31. The van der Waals surface area contributed by atoms with E-state index in [0.29, 0.717) is 23.9 Å². The number of amides is 1. The first-order valence-electron chi connectivity index (χ1n) is 11.8. The molecule has 0 aliphatic carbocycles. The molecule has 0 spiro atoms. The topological polar surface area (TPSA) is 91.8 Å². The van der Waals surface area contributed by atoms with Gasteiger partial charge in [-0.3, -0.25) is 14.8 Å². The summed E-state index contributed by atoms with van der Waals surface area (Å²) in [4.78, 5) is 19.1. The van der Waals surface area contributed by atoms with E-state index in [9.17, 15) is 4.79 Å². The van der Waals surface area contributed by atoms with Gasteiger partial charge in [-0.2, -0.15) is 5.10 Å². The van der Waals surface area contributed by atoms with Gasteiger partial charge in [0.25, 0.3) is 0 Å². The van der Waals surface area contributed by atoms with Gasteiger partial charge >= 0.3 is 0 Å². The van der Waals surface area contributed by atoms with Crippen LogP contribution in [0.2, 0.25) is 5.02 Å². The number of aromatic nitrogens is 2. The number of halogens is 1. The first kappa shape index (κ1) is 23.5. The zero-order chi connectivity index (χ0) is 24.0. The highest BCUT2D eigenvalue weighted by Gasteiger charge is 2.29. The molecule has 0 radical (unpaired) electrons. The number of ether oxygens (including phenoxy) is 2. The Kier molecular flexibility index (Phi) is 7.42. The number of carbonyl (C=O) groups is 1. The molecule has 0 saturated carbocycles. The van der Waals surface area contributed by atoms with Gasteiger partial charge < -0.3 is 14.8 Å². The summed E-state index contributed by atoms with van der Waals surface area (Å²) in [6, 6.07) is 15.4. The standard InChI is InChI=1S/C26H28ClN5O3/c27-19-4-7-24-22(15-19)23(26(33)29-24)17-28-25-16-20(30-31-25)14-18-2-5-21(6-3-18)35-11-1-8-32-9-12-34-13-10-32/h2-7,15-17,23H,1,8-14H2,(H,29,33)(H,30,31). The Morgan fingerprint density at radius 1 is 1.17 bits per heavy atom. The lowest BCUT2D eigenvalue weighted by atomic mass is 10.0. The number of nitrogens with one attached hydrogen (secondary N) is 2. The van der Waals surface area contributed by atoms with Crippen LogP contribution in [0.5, 0.6) is 5.75 Å². The third-order valence-electron chi connectivity index (χ3n) is 6.17. The summed E-state index contributed by atoms with van der Waals surface area (Å²) in [7, 11) is 0. The minimum atomic E-state index is -0.481. The van der Waals surface area contributed by atoms with Crippen molar-refractivity contribution in [3.63, 3.8) is 0 Å². The minimum Gasteiger partial charge on any atom is -0.494 e. The van der Waals surface area contributed by atoms with Gasteiger partial charge in [-0.1, -0.05) is 23.7 Å². The van der Waals surface area contributed by atoms with E-state index < -0.39 is 5.92 Å². The molecule has 2 aromatic carbocycles. The molecule has 0 bridgehead atoms. The van der Waals surface area contributed by atoms with Gasteiger partial charge in [0, 0.05) is 54.7 Å². The Morgan fingerprint density at radius 2 is 2.00 bits per heavy atom. The maximum Gasteiger partial charge on any atom is 0.237 e. The van der Waals surface area contributed by atoms with Crippen molar-refractivity contribution >= 4 is 35.2 Å². The number of fused-ring (bicyclic) bond motifs is 1. The fourth-order valence-electron chi connectivity index (χ4n) is 4.29. The second-order valence-electron chi connectivity index (χ2n) is 8.70. The minimum absolute atomic E-state index is 0.120. The highest BCUT2D eigenvalue weighted by molar-refractivity contribution is 6.31. The predicted molar refractivity (Wildman–Crippen MR) is 136 cm³/mol. The van der Waals surface area contributed by atoms with E-state index in [1.807, 2.05) is 18.2 Å². The molecule has 1 unspecified atom stereocenters. The SMILES string of the molecule is O=C1Nc2ccc(Cl)cc2C1C=Nc1cc(Cc2ccc(OCCCN3CCOCC3)cc2)[nH]n1. The molecule has 182 valence electrons. The van der Waals surface area contributed by atoms with Crippen LogP contribution in [0.3, 0.4) is 0 Å². The molecule has 1 atom stereocenters. The number of aliphatic imine (C=N–C) groups is 1. The average molecular weight is 494 g/mol. The quantitative estimate of drug-likeness (QED) is 0.344. The van der Waals surface area contributed by atoms with Crippen LogP contribution in [0.25, 0.3) is 0 Å². The lowest BCUT2D eigenvalue weighted by molar-refractivity contribution is -0.115. The van der Waals surface area contributed by atoms with Crippen molar-refractivity contribution in [3.8, 4) is 5.75 Å².